The number of aliphatic carboxylic acids is 1. The van der Waals surface area contributed by atoms with Gasteiger partial charge in [0.2, 0.25) is 0 Å². The molecule has 0 aliphatic carbocycles. The van der Waals surface area contributed by atoms with E-state index in [2.05, 4.69) is 48.3 Å². The molecule has 1 unspecified atom stereocenters. The molecule has 4 nitrogen and oxygen atoms in total. The highest BCUT2D eigenvalue weighted by molar-refractivity contribution is 5.73. The fourth-order valence-corrected chi connectivity index (χ4v) is 2.94. The van der Waals surface area contributed by atoms with Crippen LogP contribution < -0.4 is 10.2 Å². The molecule has 21 heavy (non-hydrogen) atoms. The van der Waals surface area contributed by atoms with Gasteiger partial charge in [-0.2, -0.15) is 0 Å². The Bertz CT molecular complexity index is 439. The fourth-order valence-electron chi connectivity index (χ4n) is 2.94. The third-order valence-electron chi connectivity index (χ3n) is 4.06. The van der Waals surface area contributed by atoms with E-state index < -0.39 is 12.0 Å². The number of anilines is 1. The van der Waals surface area contributed by atoms with Gasteiger partial charge in [-0.1, -0.05) is 32.0 Å². The molecule has 1 saturated heterocycles. The van der Waals surface area contributed by atoms with E-state index in [0.717, 1.165) is 25.9 Å². The van der Waals surface area contributed by atoms with Crippen LogP contribution in [0.15, 0.2) is 30.3 Å². The Balaban J connectivity index is 1.84. The topological polar surface area (TPSA) is 52.6 Å². The Morgan fingerprint density at radius 3 is 2.43 bits per heavy atom. The van der Waals surface area contributed by atoms with E-state index in [9.17, 15) is 9.90 Å². The van der Waals surface area contributed by atoms with Crippen LogP contribution in [0.1, 0.15) is 33.1 Å². The summed E-state index contributed by atoms with van der Waals surface area (Å²) in [6, 6.07) is 10.3. The summed E-state index contributed by atoms with van der Waals surface area (Å²) < 4.78 is 0. The monoisotopic (exact) mass is 290 g/mol. The molecule has 1 aromatic rings. The highest BCUT2D eigenvalue weighted by atomic mass is 16.4. The minimum absolute atomic E-state index is 0.310. The van der Waals surface area contributed by atoms with E-state index in [1.54, 1.807) is 0 Å². The van der Waals surface area contributed by atoms with Crippen molar-refractivity contribution in [3.05, 3.63) is 30.3 Å². The molecule has 0 aromatic heterocycles. The van der Waals surface area contributed by atoms with Crippen LogP contribution in [0.4, 0.5) is 5.69 Å². The lowest BCUT2D eigenvalue weighted by Gasteiger charge is -2.35. The van der Waals surface area contributed by atoms with Gasteiger partial charge < -0.3 is 15.3 Å². The van der Waals surface area contributed by atoms with E-state index >= 15 is 0 Å². The van der Waals surface area contributed by atoms with Crippen LogP contribution in [-0.2, 0) is 4.79 Å². The lowest BCUT2D eigenvalue weighted by Crippen LogP contribution is -2.49. The van der Waals surface area contributed by atoms with Gasteiger partial charge in [0.1, 0.15) is 6.04 Å². The first kappa shape index (κ1) is 15.8. The molecule has 0 radical (unpaired) electrons. The van der Waals surface area contributed by atoms with Gasteiger partial charge in [-0.05, 0) is 37.3 Å². The van der Waals surface area contributed by atoms with Crippen LogP contribution in [0.5, 0.6) is 0 Å². The summed E-state index contributed by atoms with van der Waals surface area (Å²) in [5.74, 6) is -0.336. The summed E-state index contributed by atoms with van der Waals surface area (Å²) in [6.45, 7) is 6.09. The van der Waals surface area contributed by atoms with E-state index in [1.165, 1.54) is 5.69 Å². The number of piperidine rings is 1. The van der Waals surface area contributed by atoms with Crippen molar-refractivity contribution in [1.82, 2.24) is 5.32 Å². The third kappa shape index (κ3) is 4.74. The maximum atomic E-state index is 11.3. The predicted molar refractivity (Wildman–Crippen MR) is 85.7 cm³/mol. The Morgan fingerprint density at radius 2 is 1.90 bits per heavy atom. The average Bonchev–Trinajstić information content (AvgIpc) is 2.48. The molecule has 0 saturated carbocycles. The standard InChI is InChI=1S/C17H26N2O2/c1-13(2)12-16(17(20)21)18-14-8-10-19(11-9-14)15-6-4-3-5-7-15/h3-7,13-14,16,18H,8-12H2,1-2H3,(H,20,21). The predicted octanol–water partition coefficient (Wildman–Crippen LogP) is 2.74. The minimum atomic E-state index is -0.728. The molecule has 0 bridgehead atoms. The molecule has 0 amide bonds. The maximum absolute atomic E-state index is 11.3. The number of carboxylic acids is 1. The van der Waals surface area contributed by atoms with E-state index in [4.69, 9.17) is 0 Å². The molecule has 116 valence electrons. The van der Waals surface area contributed by atoms with Crippen molar-refractivity contribution in [3.63, 3.8) is 0 Å². The maximum Gasteiger partial charge on any atom is 0.320 e. The largest absolute Gasteiger partial charge is 0.480 e. The van der Waals surface area contributed by atoms with Crippen molar-refractivity contribution in [2.75, 3.05) is 18.0 Å². The van der Waals surface area contributed by atoms with Crippen LogP contribution >= 0.6 is 0 Å². The minimum Gasteiger partial charge on any atom is -0.480 e. The van der Waals surface area contributed by atoms with Crippen molar-refractivity contribution in [2.24, 2.45) is 5.92 Å². The van der Waals surface area contributed by atoms with Gasteiger partial charge in [-0.25, -0.2) is 0 Å². The first-order valence-electron chi connectivity index (χ1n) is 7.85. The van der Waals surface area contributed by atoms with Crippen LogP contribution in [0.3, 0.4) is 0 Å². The Labute approximate surface area is 127 Å². The van der Waals surface area contributed by atoms with Gasteiger partial charge in [0.25, 0.3) is 0 Å². The molecular weight excluding hydrogens is 264 g/mol. The summed E-state index contributed by atoms with van der Waals surface area (Å²) in [6.07, 6.45) is 2.68. The number of hydrogen-bond acceptors (Lipinski definition) is 3. The number of para-hydroxylation sites is 1. The summed E-state index contributed by atoms with van der Waals surface area (Å²) in [4.78, 5) is 13.7. The Morgan fingerprint density at radius 1 is 1.29 bits per heavy atom. The molecular formula is C17H26N2O2. The Kier molecular flexibility index (Phi) is 5.62. The van der Waals surface area contributed by atoms with Crippen molar-refractivity contribution >= 4 is 11.7 Å². The van der Waals surface area contributed by atoms with Gasteiger partial charge in [0.05, 0.1) is 0 Å². The average molecular weight is 290 g/mol. The number of nitrogens with zero attached hydrogens (tertiary/aromatic N) is 1. The van der Waals surface area contributed by atoms with Crippen molar-refractivity contribution < 1.29 is 9.90 Å². The first-order valence-corrected chi connectivity index (χ1v) is 7.85. The summed E-state index contributed by atoms with van der Waals surface area (Å²) in [7, 11) is 0. The molecule has 1 aromatic carbocycles. The smallest absolute Gasteiger partial charge is 0.320 e. The molecule has 2 N–H and O–H groups in total. The fraction of sp³-hybridized carbons (Fsp3) is 0.588. The zero-order valence-electron chi connectivity index (χ0n) is 13.0. The van der Waals surface area contributed by atoms with Gasteiger partial charge >= 0.3 is 5.97 Å². The number of carbonyl (C=O) groups is 1. The van der Waals surface area contributed by atoms with Gasteiger partial charge in [-0.3, -0.25) is 4.79 Å². The second kappa shape index (κ2) is 7.46. The van der Waals surface area contributed by atoms with Crippen LogP contribution in [-0.4, -0.2) is 36.2 Å². The number of hydrogen-bond donors (Lipinski definition) is 2. The van der Waals surface area contributed by atoms with Gasteiger partial charge in [0.15, 0.2) is 0 Å². The number of rotatable bonds is 6. The van der Waals surface area contributed by atoms with Crippen LogP contribution in [0.25, 0.3) is 0 Å². The second-order valence-electron chi connectivity index (χ2n) is 6.28. The molecule has 1 heterocycles. The molecule has 1 aliphatic heterocycles. The molecule has 2 rings (SSSR count). The van der Waals surface area contributed by atoms with E-state index in [-0.39, 0.29) is 0 Å². The van der Waals surface area contributed by atoms with Crippen molar-refractivity contribution in [1.29, 1.82) is 0 Å². The lowest BCUT2D eigenvalue weighted by atomic mass is 9.99. The molecule has 0 spiro atoms. The summed E-state index contributed by atoms with van der Waals surface area (Å²) >= 11 is 0. The number of carboxylic acid groups (broad SMARTS) is 1. The Hall–Kier alpha value is -1.55. The lowest BCUT2D eigenvalue weighted by molar-refractivity contribution is -0.140. The molecule has 1 atom stereocenters. The quantitative estimate of drug-likeness (QED) is 0.846. The van der Waals surface area contributed by atoms with Crippen molar-refractivity contribution in [3.8, 4) is 0 Å². The normalized spacial score (nSPS) is 18.0. The third-order valence-corrected chi connectivity index (χ3v) is 4.06. The first-order chi connectivity index (χ1) is 10.1. The van der Waals surface area contributed by atoms with E-state index in [1.807, 2.05) is 6.07 Å². The highest BCUT2D eigenvalue weighted by Crippen LogP contribution is 2.20. The van der Waals surface area contributed by atoms with Gasteiger partial charge in [-0.15, -0.1) is 0 Å². The van der Waals surface area contributed by atoms with Crippen LogP contribution in [0, 0.1) is 5.92 Å². The zero-order valence-corrected chi connectivity index (χ0v) is 13.0. The summed E-state index contributed by atoms with van der Waals surface area (Å²) in [5, 5.41) is 12.6. The molecule has 4 heteroatoms. The molecule has 1 fully saturated rings. The number of nitrogens with one attached hydrogen (secondary N) is 1. The SMILES string of the molecule is CC(C)CC(NC1CCN(c2ccccc2)CC1)C(=O)O. The van der Waals surface area contributed by atoms with E-state index in [0.29, 0.717) is 18.4 Å². The zero-order chi connectivity index (χ0) is 15.2. The van der Waals surface area contributed by atoms with Crippen molar-refractivity contribution in [2.45, 2.75) is 45.2 Å². The number of benzene rings is 1. The summed E-state index contributed by atoms with van der Waals surface area (Å²) in [5.41, 5.74) is 1.26. The molecule has 1 aliphatic rings. The second-order valence-corrected chi connectivity index (χ2v) is 6.28. The van der Waals surface area contributed by atoms with Crippen LogP contribution in [0.2, 0.25) is 0 Å². The highest BCUT2D eigenvalue weighted by Gasteiger charge is 2.25. The van der Waals surface area contributed by atoms with Gasteiger partial charge in [0, 0.05) is 24.8 Å².